The van der Waals surface area contributed by atoms with Crippen LogP contribution in [0.15, 0.2) is 36.0 Å². The molecule has 0 saturated carbocycles. The third kappa shape index (κ3) is 2.78. The van der Waals surface area contributed by atoms with E-state index in [4.69, 9.17) is 0 Å². The number of carbonyl (C=O) groups is 2. The molecule has 122 valence electrons. The van der Waals surface area contributed by atoms with Crippen LogP contribution in [-0.2, 0) is 9.59 Å². The topological polar surface area (TPSA) is 49.4 Å². The van der Waals surface area contributed by atoms with Gasteiger partial charge in [0.15, 0.2) is 0 Å². The van der Waals surface area contributed by atoms with Gasteiger partial charge in [0.05, 0.1) is 5.41 Å². The molecule has 1 saturated heterocycles. The second kappa shape index (κ2) is 6.19. The van der Waals surface area contributed by atoms with Gasteiger partial charge in [-0.25, -0.2) is 0 Å². The van der Waals surface area contributed by atoms with E-state index >= 15 is 0 Å². The number of likely N-dealkylation sites (tertiary alicyclic amines) is 1. The summed E-state index contributed by atoms with van der Waals surface area (Å²) in [5.41, 5.74) is 2.36. The Morgan fingerprint density at radius 1 is 1.26 bits per heavy atom. The van der Waals surface area contributed by atoms with Crippen molar-refractivity contribution in [3.05, 3.63) is 41.6 Å². The Balaban J connectivity index is 1.90. The van der Waals surface area contributed by atoms with E-state index in [1.807, 2.05) is 38.1 Å². The minimum Gasteiger partial charge on any atom is -0.325 e. The summed E-state index contributed by atoms with van der Waals surface area (Å²) in [6.07, 6.45) is 5.92. The molecular weight excluding hydrogens is 288 g/mol. The zero-order valence-electron chi connectivity index (χ0n) is 13.9. The van der Waals surface area contributed by atoms with Crippen molar-refractivity contribution < 1.29 is 9.59 Å². The van der Waals surface area contributed by atoms with Crippen LogP contribution in [0, 0.1) is 12.3 Å². The molecule has 0 bridgehead atoms. The molecule has 4 nitrogen and oxygen atoms in total. The number of anilines is 1. The monoisotopic (exact) mass is 312 g/mol. The number of nitrogens with one attached hydrogen (secondary N) is 1. The van der Waals surface area contributed by atoms with E-state index in [2.05, 4.69) is 11.4 Å². The summed E-state index contributed by atoms with van der Waals surface area (Å²) >= 11 is 0. The van der Waals surface area contributed by atoms with Gasteiger partial charge in [0.25, 0.3) is 0 Å². The summed E-state index contributed by atoms with van der Waals surface area (Å²) < 4.78 is 0. The van der Waals surface area contributed by atoms with Crippen LogP contribution in [0.5, 0.6) is 0 Å². The highest BCUT2D eigenvalue weighted by atomic mass is 16.2. The lowest BCUT2D eigenvalue weighted by molar-refractivity contribution is -0.138. The molecule has 1 aliphatic heterocycles. The molecule has 0 radical (unpaired) electrons. The van der Waals surface area contributed by atoms with E-state index in [0.29, 0.717) is 19.4 Å². The standard InChI is InChI=1S/C19H24N2O2/c1-3-21-16-6-4-5-12-19(16,13-11-17(21)22)18(23)20-15-9-7-14(2)8-10-15/h6-10H,3-5,11-13H2,1-2H3,(H,20,23). The maximum absolute atomic E-state index is 13.1. The Morgan fingerprint density at radius 3 is 2.70 bits per heavy atom. The molecular formula is C19H24N2O2. The number of amides is 2. The first-order valence-electron chi connectivity index (χ1n) is 8.46. The second-order valence-corrected chi connectivity index (χ2v) is 6.52. The first-order valence-corrected chi connectivity index (χ1v) is 8.46. The molecule has 1 atom stereocenters. The molecule has 1 N–H and O–H groups in total. The molecule has 1 fully saturated rings. The largest absolute Gasteiger partial charge is 0.325 e. The molecule has 2 aliphatic rings. The maximum atomic E-state index is 13.1. The summed E-state index contributed by atoms with van der Waals surface area (Å²) in [4.78, 5) is 27.1. The Labute approximate surface area is 137 Å². The number of hydrogen-bond acceptors (Lipinski definition) is 2. The Hall–Kier alpha value is -2.10. The van der Waals surface area contributed by atoms with Crippen LogP contribution >= 0.6 is 0 Å². The predicted octanol–water partition coefficient (Wildman–Crippen LogP) is 3.63. The van der Waals surface area contributed by atoms with Crippen molar-refractivity contribution in [2.45, 2.75) is 46.0 Å². The van der Waals surface area contributed by atoms with Crippen LogP contribution in [0.4, 0.5) is 5.69 Å². The predicted molar refractivity (Wildman–Crippen MR) is 90.8 cm³/mol. The number of fused-ring (bicyclic) bond motifs is 1. The molecule has 1 aromatic rings. The lowest BCUT2D eigenvalue weighted by Gasteiger charge is -2.45. The fourth-order valence-corrected chi connectivity index (χ4v) is 3.75. The zero-order valence-corrected chi connectivity index (χ0v) is 13.9. The molecule has 0 aromatic heterocycles. The van der Waals surface area contributed by atoms with E-state index in [1.165, 1.54) is 5.56 Å². The molecule has 4 heteroatoms. The van der Waals surface area contributed by atoms with Gasteiger partial charge in [-0.15, -0.1) is 0 Å². The van der Waals surface area contributed by atoms with Crippen molar-refractivity contribution in [2.75, 3.05) is 11.9 Å². The average molecular weight is 312 g/mol. The van der Waals surface area contributed by atoms with Gasteiger partial charge in [0, 0.05) is 24.4 Å². The quantitative estimate of drug-likeness (QED) is 0.926. The zero-order chi connectivity index (χ0) is 16.4. The second-order valence-electron chi connectivity index (χ2n) is 6.52. The molecule has 1 aliphatic carbocycles. The van der Waals surface area contributed by atoms with Crippen LogP contribution in [0.25, 0.3) is 0 Å². The van der Waals surface area contributed by atoms with Crippen molar-refractivity contribution in [3.63, 3.8) is 0 Å². The third-order valence-electron chi connectivity index (χ3n) is 5.05. The molecule has 1 heterocycles. The number of allylic oxidation sites excluding steroid dienone is 1. The normalized spacial score (nSPS) is 24.0. The molecule has 1 unspecified atom stereocenters. The van der Waals surface area contributed by atoms with E-state index in [1.54, 1.807) is 4.90 Å². The molecule has 2 amide bonds. The number of hydrogen-bond donors (Lipinski definition) is 1. The fourth-order valence-electron chi connectivity index (χ4n) is 3.75. The van der Waals surface area contributed by atoms with Crippen molar-refractivity contribution in [1.29, 1.82) is 0 Å². The highest BCUT2D eigenvalue weighted by Gasteiger charge is 2.49. The Kier molecular flexibility index (Phi) is 4.24. The van der Waals surface area contributed by atoms with Gasteiger partial charge >= 0.3 is 0 Å². The maximum Gasteiger partial charge on any atom is 0.236 e. The summed E-state index contributed by atoms with van der Waals surface area (Å²) in [6.45, 7) is 4.63. The lowest BCUT2D eigenvalue weighted by Crippen LogP contribution is -2.51. The van der Waals surface area contributed by atoms with Gasteiger partial charge in [-0.2, -0.15) is 0 Å². The summed E-state index contributed by atoms with van der Waals surface area (Å²) in [5, 5.41) is 3.07. The van der Waals surface area contributed by atoms with Gasteiger partial charge < -0.3 is 10.2 Å². The highest BCUT2D eigenvalue weighted by Crippen LogP contribution is 2.47. The van der Waals surface area contributed by atoms with E-state index in [-0.39, 0.29) is 11.8 Å². The Bertz CT molecular complexity index is 648. The van der Waals surface area contributed by atoms with Crippen LogP contribution in [-0.4, -0.2) is 23.3 Å². The number of aryl methyl sites for hydroxylation is 1. The SMILES string of the molecule is CCN1C(=O)CCC2(C(=O)Nc3ccc(C)cc3)CCCC=C12. The average Bonchev–Trinajstić information content (AvgIpc) is 2.57. The fraction of sp³-hybridized carbons (Fsp3) is 0.474. The van der Waals surface area contributed by atoms with Gasteiger partial charge in [-0.05, 0) is 51.7 Å². The van der Waals surface area contributed by atoms with Crippen molar-refractivity contribution in [3.8, 4) is 0 Å². The molecule has 1 aromatic carbocycles. The van der Waals surface area contributed by atoms with Crippen molar-refractivity contribution in [1.82, 2.24) is 4.90 Å². The van der Waals surface area contributed by atoms with E-state index < -0.39 is 5.41 Å². The number of nitrogens with zero attached hydrogens (tertiary/aromatic N) is 1. The molecule has 0 spiro atoms. The van der Waals surface area contributed by atoms with Crippen molar-refractivity contribution >= 4 is 17.5 Å². The number of piperidine rings is 1. The van der Waals surface area contributed by atoms with Gasteiger partial charge in [-0.1, -0.05) is 23.8 Å². The number of carbonyl (C=O) groups excluding carboxylic acids is 2. The molecule has 23 heavy (non-hydrogen) atoms. The summed E-state index contributed by atoms with van der Waals surface area (Å²) in [5.74, 6) is 0.165. The first kappa shape index (κ1) is 15.8. The van der Waals surface area contributed by atoms with Crippen LogP contribution in [0.3, 0.4) is 0 Å². The van der Waals surface area contributed by atoms with Crippen LogP contribution in [0.2, 0.25) is 0 Å². The molecule has 3 rings (SSSR count). The number of benzene rings is 1. The smallest absolute Gasteiger partial charge is 0.236 e. The van der Waals surface area contributed by atoms with Gasteiger partial charge in [0.1, 0.15) is 0 Å². The summed E-state index contributed by atoms with van der Waals surface area (Å²) in [6, 6.07) is 7.85. The minimum absolute atomic E-state index is 0.0262. The van der Waals surface area contributed by atoms with E-state index in [0.717, 1.165) is 30.6 Å². The summed E-state index contributed by atoms with van der Waals surface area (Å²) in [7, 11) is 0. The van der Waals surface area contributed by atoms with Crippen molar-refractivity contribution in [2.24, 2.45) is 5.41 Å². The highest BCUT2D eigenvalue weighted by molar-refractivity contribution is 5.99. The minimum atomic E-state index is -0.549. The van der Waals surface area contributed by atoms with Gasteiger partial charge in [-0.3, -0.25) is 9.59 Å². The van der Waals surface area contributed by atoms with Crippen LogP contribution in [0.1, 0.15) is 44.6 Å². The van der Waals surface area contributed by atoms with Gasteiger partial charge in [0.2, 0.25) is 11.8 Å². The van der Waals surface area contributed by atoms with Crippen LogP contribution < -0.4 is 5.32 Å². The Morgan fingerprint density at radius 2 is 2.00 bits per heavy atom. The lowest BCUT2D eigenvalue weighted by atomic mass is 9.69. The third-order valence-corrected chi connectivity index (χ3v) is 5.05. The number of rotatable bonds is 3. The first-order chi connectivity index (χ1) is 11.1. The van der Waals surface area contributed by atoms with E-state index in [9.17, 15) is 9.59 Å².